The Kier molecular flexibility index (Phi) is 3.80. The number of carbonyl (C=O) groups is 2. The molecule has 2 fully saturated rings. The lowest BCUT2D eigenvalue weighted by Gasteiger charge is -2.31. The van der Waals surface area contributed by atoms with E-state index in [2.05, 4.69) is 0 Å². The van der Waals surface area contributed by atoms with Crippen LogP contribution in [0.15, 0.2) is 48.5 Å². The van der Waals surface area contributed by atoms with Crippen LogP contribution in [-0.2, 0) is 14.5 Å². The van der Waals surface area contributed by atoms with Gasteiger partial charge in [-0.15, -0.1) is 0 Å². The Morgan fingerprint density at radius 3 is 2.08 bits per heavy atom. The molecule has 0 aromatic heterocycles. The molecule has 0 N–H and O–H groups in total. The fourth-order valence-corrected chi connectivity index (χ4v) is 4.07. The summed E-state index contributed by atoms with van der Waals surface area (Å²) in [4.78, 5) is 24.4. The molecule has 2 amide bonds. The largest absolute Gasteiger partial charge is 0.276 e. The van der Waals surface area contributed by atoms with Gasteiger partial charge in [0.1, 0.15) is 0 Å². The molecule has 0 radical (unpaired) electrons. The topological polar surface area (TPSA) is 40.6 Å². The molecular weight excluding hydrogens is 336 g/mol. The molecular formula is C20H19ClN2O2. The number of halogens is 1. The van der Waals surface area contributed by atoms with Crippen LogP contribution >= 0.6 is 11.6 Å². The number of alkyl halides is 1. The fourth-order valence-electron chi connectivity index (χ4n) is 3.67. The third-order valence-corrected chi connectivity index (χ3v) is 5.58. The van der Waals surface area contributed by atoms with Crippen LogP contribution < -0.4 is 0 Å². The van der Waals surface area contributed by atoms with E-state index in [4.69, 9.17) is 11.6 Å². The molecule has 128 valence electrons. The van der Waals surface area contributed by atoms with E-state index in [1.807, 2.05) is 55.5 Å². The van der Waals surface area contributed by atoms with Crippen molar-refractivity contribution in [3.63, 3.8) is 0 Å². The fraction of sp³-hybridized carbons (Fsp3) is 0.300. The van der Waals surface area contributed by atoms with Gasteiger partial charge >= 0.3 is 0 Å². The molecule has 2 aliphatic heterocycles. The number of hydrazine groups is 1. The molecule has 25 heavy (non-hydrogen) atoms. The normalized spacial score (nSPS) is 19.3. The minimum Gasteiger partial charge on any atom is -0.270 e. The van der Waals surface area contributed by atoms with Gasteiger partial charge in [-0.1, -0.05) is 54.1 Å². The van der Waals surface area contributed by atoms with Gasteiger partial charge in [-0.2, -0.15) is 0 Å². The maximum atomic E-state index is 13.0. The third kappa shape index (κ3) is 2.35. The zero-order chi connectivity index (χ0) is 17.6. The highest BCUT2D eigenvalue weighted by molar-refractivity contribution is 6.47. The smallest absolute Gasteiger partial charge is 0.270 e. The third-order valence-electron chi connectivity index (χ3n) is 5.06. The highest BCUT2D eigenvalue weighted by atomic mass is 35.5. The van der Waals surface area contributed by atoms with Crippen LogP contribution in [-0.4, -0.2) is 34.9 Å². The van der Waals surface area contributed by atoms with Crippen LogP contribution in [0.1, 0.15) is 24.0 Å². The van der Waals surface area contributed by atoms with Crippen LogP contribution in [0.4, 0.5) is 0 Å². The second kappa shape index (κ2) is 5.88. The molecule has 0 unspecified atom stereocenters. The first-order valence-electron chi connectivity index (χ1n) is 8.53. The highest BCUT2D eigenvalue weighted by Crippen LogP contribution is 2.43. The van der Waals surface area contributed by atoms with E-state index in [-0.39, 0.29) is 11.8 Å². The van der Waals surface area contributed by atoms with E-state index in [9.17, 15) is 9.59 Å². The number of fused-ring (bicyclic) bond motifs is 1. The molecule has 5 heteroatoms. The van der Waals surface area contributed by atoms with Crippen molar-refractivity contribution in [2.75, 3.05) is 13.1 Å². The lowest BCUT2D eigenvalue weighted by molar-refractivity contribution is -0.150. The molecule has 2 saturated heterocycles. The van der Waals surface area contributed by atoms with Gasteiger partial charge in [0.25, 0.3) is 11.8 Å². The number of hydrogen-bond donors (Lipinski definition) is 0. The Morgan fingerprint density at radius 2 is 1.48 bits per heavy atom. The maximum absolute atomic E-state index is 13.0. The standard InChI is InChI=1S/C20H19ClN2O2/c1-14-9-10-16(15-7-3-2-4-8-15)13-17(14)20(21)18(24)22-11-5-6-12-23(22)19(20)25/h2-4,7-10,13H,5-6,11-12H2,1H3. The average molecular weight is 355 g/mol. The quantitative estimate of drug-likeness (QED) is 0.612. The summed E-state index contributed by atoms with van der Waals surface area (Å²) in [5.41, 5.74) is 3.40. The highest BCUT2D eigenvalue weighted by Gasteiger charge is 2.59. The Labute approximate surface area is 152 Å². The summed E-state index contributed by atoms with van der Waals surface area (Å²) in [6.07, 6.45) is 1.79. The number of carbonyl (C=O) groups excluding carboxylic acids is 2. The number of hydrogen-bond acceptors (Lipinski definition) is 2. The first kappa shape index (κ1) is 16.2. The molecule has 0 bridgehead atoms. The van der Waals surface area contributed by atoms with Gasteiger partial charge in [0, 0.05) is 13.1 Å². The van der Waals surface area contributed by atoms with Crippen molar-refractivity contribution >= 4 is 23.4 Å². The summed E-state index contributed by atoms with van der Waals surface area (Å²) in [6, 6.07) is 15.7. The zero-order valence-electron chi connectivity index (χ0n) is 14.0. The van der Waals surface area contributed by atoms with E-state index in [1.165, 1.54) is 10.0 Å². The summed E-state index contributed by atoms with van der Waals surface area (Å²) < 4.78 is 0. The van der Waals surface area contributed by atoms with E-state index in [0.29, 0.717) is 18.7 Å². The Hall–Kier alpha value is -2.33. The van der Waals surface area contributed by atoms with Gasteiger partial charge in [-0.3, -0.25) is 9.59 Å². The zero-order valence-corrected chi connectivity index (χ0v) is 14.8. The molecule has 2 aromatic rings. The molecule has 0 saturated carbocycles. The maximum Gasteiger partial charge on any atom is 0.276 e. The van der Waals surface area contributed by atoms with E-state index >= 15 is 0 Å². The van der Waals surface area contributed by atoms with E-state index in [0.717, 1.165) is 29.5 Å². The number of benzene rings is 2. The summed E-state index contributed by atoms with van der Waals surface area (Å²) in [5.74, 6) is -0.653. The van der Waals surface area contributed by atoms with Crippen molar-refractivity contribution < 1.29 is 9.59 Å². The van der Waals surface area contributed by atoms with Crippen molar-refractivity contribution in [3.05, 3.63) is 59.7 Å². The van der Waals surface area contributed by atoms with Crippen LogP contribution in [0.25, 0.3) is 11.1 Å². The SMILES string of the molecule is Cc1ccc(-c2ccccc2)cc1C1(Cl)C(=O)N2CCCCN2C1=O. The van der Waals surface area contributed by atoms with E-state index < -0.39 is 4.87 Å². The first-order valence-corrected chi connectivity index (χ1v) is 8.90. The molecule has 2 heterocycles. The molecule has 4 nitrogen and oxygen atoms in total. The lowest BCUT2D eigenvalue weighted by atomic mass is 9.90. The van der Waals surface area contributed by atoms with Gasteiger partial charge in [-0.05, 0) is 48.1 Å². The minimum absolute atomic E-state index is 0.327. The number of nitrogens with zero attached hydrogens (tertiary/aromatic N) is 2. The molecule has 4 rings (SSSR count). The first-order chi connectivity index (χ1) is 12.0. The predicted octanol–water partition coefficient (Wildman–Crippen LogP) is 3.48. The van der Waals surface area contributed by atoms with Crippen molar-refractivity contribution in [1.29, 1.82) is 0 Å². The lowest BCUT2D eigenvalue weighted by Crippen LogP contribution is -2.45. The summed E-state index contributed by atoms with van der Waals surface area (Å²) >= 11 is 6.75. The van der Waals surface area contributed by atoms with Crippen molar-refractivity contribution in [1.82, 2.24) is 10.0 Å². The predicted molar refractivity (Wildman–Crippen MR) is 96.8 cm³/mol. The average Bonchev–Trinajstić information content (AvgIpc) is 2.85. The number of amides is 2. The second-order valence-corrected chi connectivity index (χ2v) is 7.18. The second-order valence-electron chi connectivity index (χ2n) is 6.62. The summed E-state index contributed by atoms with van der Waals surface area (Å²) in [6.45, 7) is 2.99. The minimum atomic E-state index is -1.65. The molecule has 2 aromatic carbocycles. The van der Waals surface area contributed by atoms with E-state index in [1.54, 1.807) is 0 Å². The molecule has 0 spiro atoms. The Balaban J connectivity index is 1.83. The molecule has 0 atom stereocenters. The molecule has 0 aliphatic carbocycles. The number of aryl methyl sites for hydroxylation is 1. The van der Waals surface area contributed by atoms with Gasteiger partial charge in [0.15, 0.2) is 0 Å². The van der Waals surface area contributed by atoms with Crippen LogP contribution in [0, 0.1) is 6.92 Å². The van der Waals surface area contributed by atoms with Crippen molar-refractivity contribution in [2.45, 2.75) is 24.6 Å². The van der Waals surface area contributed by atoms with Gasteiger partial charge < -0.3 is 0 Å². The van der Waals surface area contributed by atoms with Gasteiger partial charge in [-0.25, -0.2) is 10.0 Å². The Bertz CT molecular complexity index is 826. The van der Waals surface area contributed by atoms with Crippen LogP contribution in [0.3, 0.4) is 0 Å². The van der Waals surface area contributed by atoms with Crippen molar-refractivity contribution in [2.24, 2.45) is 0 Å². The van der Waals surface area contributed by atoms with Crippen molar-refractivity contribution in [3.8, 4) is 11.1 Å². The number of rotatable bonds is 2. The van der Waals surface area contributed by atoms with Gasteiger partial charge in [0.05, 0.1) is 0 Å². The van der Waals surface area contributed by atoms with Crippen LogP contribution in [0.5, 0.6) is 0 Å². The summed E-state index contributed by atoms with van der Waals surface area (Å²) in [5, 5.41) is 3.04. The van der Waals surface area contributed by atoms with Crippen LogP contribution in [0.2, 0.25) is 0 Å². The van der Waals surface area contributed by atoms with Gasteiger partial charge in [0.2, 0.25) is 4.87 Å². The summed E-state index contributed by atoms with van der Waals surface area (Å²) in [7, 11) is 0. The Morgan fingerprint density at radius 1 is 0.880 bits per heavy atom. The monoisotopic (exact) mass is 354 g/mol. The molecule has 2 aliphatic rings.